The van der Waals surface area contributed by atoms with Crippen molar-refractivity contribution in [2.75, 3.05) is 26.2 Å². The van der Waals surface area contributed by atoms with Crippen molar-refractivity contribution in [3.63, 3.8) is 0 Å². The van der Waals surface area contributed by atoms with Crippen molar-refractivity contribution in [1.29, 1.82) is 0 Å². The lowest BCUT2D eigenvalue weighted by Crippen LogP contribution is -2.34. The fourth-order valence-corrected chi connectivity index (χ4v) is 6.27. The Bertz CT molecular complexity index is 836. The number of fused-ring (bicyclic) bond motifs is 1. The SMILES string of the molecule is CC1CCCN1CCc1ccc(C2(O)CC[C@H]3CN(Cc4ccccc4)C[C@H]32)cc1. The Hall–Kier alpha value is -1.68. The molecule has 2 unspecified atom stereocenters. The summed E-state index contributed by atoms with van der Waals surface area (Å²) < 4.78 is 0. The van der Waals surface area contributed by atoms with Gasteiger partial charge in [-0.2, -0.15) is 0 Å². The molecule has 2 aromatic carbocycles. The standard InChI is InChI=1S/C27H36N2O/c1-21-6-5-16-29(21)17-14-22-9-11-25(12-10-22)27(30)15-13-24-19-28(20-26(24)27)18-23-7-3-2-4-8-23/h2-4,7-12,21,24,26,30H,5-6,13-20H2,1H3/t21?,24-,26+,27?/m0/s1. The number of likely N-dealkylation sites (tertiary alicyclic amines) is 2. The summed E-state index contributed by atoms with van der Waals surface area (Å²) in [5.74, 6) is 0.979. The molecule has 0 spiro atoms. The van der Waals surface area contributed by atoms with E-state index in [0.29, 0.717) is 11.8 Å². The molecule has 1 saturated carbocycles. The zero-order valence-corrected chi connectivity index (χ0v) is 18.3. The van der Waals surface area contributed by atoms with Gasteiger partial charge in [0.05, 0.1) is 5.60 Å². The summed E-state index contributed by atoms with van der Waals surface area (Å²) in [6, 6.07) is 20.4. The maximum atomic E-state index is 11.7. The van der Waals surface area contributed by atoms with Gasteiger partial charge in [-0.15, -0.1) is 0 Å². The minimum absolute atomic E-state index is 0.359. The minimum atomic E-state index is -0.655. The number of hydrogen-bond donors (Lipinski definition) is 1. The van der Waals surface area contributed by atoms with Gasteiger partial charge in [-0.05, 0) is 68.2 Å². The van der Waals surface area contributed by atoms with E-state index in [4.69, 9.17) is 0 Å². The molecule has 4 atom stereocenters. The van der Waals surface area contributed by atoms with E-state index in [9.17, 15) is 5.11 Å². The topological polar surface area (TPSA) is 26.7 Å². The Labute approximate surface area is 181 Å². The van der Waals surface area contributed by atoms with E-state index in [2.05, 4.69) is 71.3 Å². The number of nitrogens with zero attached hydrogens (tertiary/aromatic N) is 2. The Morgan fingerprint density at radius 3 is 2.50 bits per heavy atom. The van der Waals surface area contributed by atoms with Gasteiger partial charge in [0.25, 0.3) is 0 Å². The molecule has 3 fully saturated rings. The molecule has 30 heavy (non-hydrogen) atoms. The van der Waals surface area contributed by atoms with Crippen LogP contribution in [-0.4, -0.2) is 47.1 Å². The van der Waals surface area contributed by atoms with Crippen LogP contribution in [-0.2, 0) is 18.6 Å². The van der Waals surface area contributed by atoms with Crippen molar-refractivity contribution in [1.82, 2.24) is 9.80 Å². The van der Waals surface area contributed by atoms with Crippen LogP contribution in [0.1, 0.15) is 49.3 Å². The van der Waals surface area contributed by atoms with Crippen LogP contribution in [0.3, 0.4) is 0 Å². The van der Waals surface area contributed by atoms with Gasteiger partial charge in [-0.1, -0.05) is 54.6 Å². The highest BCUT2D eigenvalue weighted by Gasteiger charge is 2.52. The zero-order chi connectivity index (χ0) is 20.6. The summed E-state index contributed by atoms with van der Waals surface area (Å²) >= 11 is 0. The molecule has 5 rings (SSSR count). The normalized spacial score (nSPS) is 32.0. The summed E-state index contributed by atoms with van der Waals surface area (Å²) in [4.78, 5) is 5.16. The van der Waals surface area contributed by atoms with Gasteiger partial charge >= 0.3 is 0 Å². The molecule has 3 heteroatoms. The zero-order valence-electron chi connectivity index (χ0n) is 18.3. The third-order valence-corrected chi connectivity index (χ3v) is 8.11. The van der Waals surface area contributed by atoms with Crippen LogP contribution < -0.4 is 0 Å². The lowest BCUT2D eigenvalue weighted by atomic mass is 9.82. The summed E-state index contributed by atoms with van der Waals surface area (Å²) in [6.07, 6.45) is 5.85. The first-order chi connectivity index (χ1) is 14.6. The Balaban J connectivity index is 1.22. The molecular weight excluding hydrogens is 368 g/mol. The maximum Gasteiger partial charge on any atom is 0.0940 e. The Morgan fingerprint density at radius 1 is 0.967 bits per heavy atom. The van der Waals surface area contributed by atoms with E-state index >= 15 is 0 Å². The average Bonchev–Trinajstić information content (AvgIpc) is 3.45. The maximum absolute atomic E-state index is 11.7. The molecule has 0 bridgehead atoms. The van der Waals surface area contributed by atoms with Crippen molar-refractivity contribution in [2.45, 2.75) is 57.2 Å². The molecule has 2 heterocycles. The predicted octanol–water partition coefficient (Wildman–Crippen LogP) is 4.44. The van der Waals surface area contributed by atoms with Gasteiger partial charge in [0.2, 0.25) is 0 Å². The van der Waals surface area contributed by atoms with E-state index in [1.165, 1.54) is 30.5 Å². The van der Waals surface area contributed by atoms with E-state index < -0.39 is 5.60 Å². The van der Waals surface area contributed by atoms with Crippen molar-refractivity contribution in [3.8, 4) is 0 Å². The molecule has 160 valence electrons. The first kappa shape index (κ1) is 20.2. The van der Waals surface area contributed by atoms with Gasteiger partial charge < -0.3 is 10.0 Å². The number of benzene rings is 2. The summed E-state index contributed by atoms with van der Waals surface area (Å²) in [7, 11) is 0. The van der Waals surface area contributed by atoms with Crippen molar-refractivity contribution in [2.24, 2.45) is 11.8 Å². The lowest BCUT2D eigenvalue weighted by molar-refractivity contribution is -0.00684. The number of hydrogen-bond acceptors (Lipinski definition) is 3. The number of rotatable bonds is 6. The van der Waals surface area contributed by atoms with Crippen LogP contribution in [0.25, 0.3) is 0 Å². The Kier molecular flexibility index (Phi) is 5.70. The van der Waals surface area contributed by atoms with Crippen molar-refractivity contribution < 1.29 is 5.11 Å². The molecule has 2 aliphatic heterocycles. The monoisotopic (exact) mass is 404 g/mol. The summed E-state index contributed by atoms with van der Waals surface area (Å²) in [5.41, 5.74) is 3.25. The molecule has 0 radical (unpaired) electrons. The lowest BCUT2D eigenvalue weighted by Gasteiger charge is -2.31. The van der Waals surface area contributed by atoms with Gasteiger partial charge in [0.15, 0.2) is 0 Å². The highest BCUT2D eigenvalue weighted by Crippen LogP contribution is 2.50. The highest BCUT2D eigenvalue weighted by atomic mass is 16.3. The van der Waals surface area contributed by atoms with Crippen LogP contribution in [0, 0.1) is 11.8 Å². The van der Waals surface area contributed by atoms with Gasteiger partial charge in [-0.25, -0.2) is 0 Å². The molecular formula is C27H36N2O. The van der Waals surface area contributed by atoms with Gasteiger partial charge in [-0.3, -0.25) is 4.90 Å². The second-order valence-corrected chi connectivity index (χ2v) is 9.98. The molecule has 2 saturated heterocycles. The highest BCUT2D eigenvalue weighted by molar-refractivity contribution is 5.30. The van der Waals surface area contributed by atoms with Crippen LogP contribution in [0.2, 0.25) is 0 Å². The van der Waals surface area contributed by atoms with Crippen molar-refractivity contribution in [3.05, 3.63) is 71.3 Å². The third kappa shape index (κ3) is 3.95. The predicted molar refractivity (Wildman–Crippen MR) is 122 cm³/mol. The first-order valence-electron chi connectivity index (χ1n) is 11.9. The fraction of sp³-hybridized carbons (Fsp3) is 0.556. The second-order valence-electron chi connectivity index (χ2n) is 9.98. The first-order valence-corrected chi connectivity index (χ1v) is 11.9. The second kappa shape index (κ2) is 8.45. The van der Waals surface area contributed by atoms with Crippen LogP contribution in [0.5, 0.6) is 0 Å². The molecule has 1 N–H and O–H groups in total. The van der Waals surface area contributed by atoms with Gasteiger partial charge in [0.1, 0.15) is 0 Å². The van der Waals surface area contributed by atoms with E-state index in [1.54, 1.807) is 0 Å². The van der Waals surface area contributed by atoms with Crippen molar-refractivity contribution >= 4 is 0 Å². The molecule has 3 aliphatic rings. The Morgan fingerprint density at radius 2 is 1.77 bits per heavy atom. The van der Waals surface area contributed by atoms with Crippen LogP contribution >= 0.6 is 0 Å². The fourth-order valence-electron chi connectivity index (χ4n) is 6.27. The molecule has 0 aromatic heterocycles. The third-order valence-electron chi connectivity index (χ3n) is 8.11. The molecule has 2 aromatic rings. The van der Waals surface area contributed by atoms with Crippen LogP contribution in [0.4, 0.5) is 0 Å². The largest absolute Gasteiger partial charge is 0.385 e. The molecule has 1 aliphatic carbocycles. The van der Waals surface area contributed by atoms with E-state index in [0.717, 1.165) is 57.0 Å². The van der Waals surface area contributed by atoms with Crippen LogP contribution in [0.15, 0.2) is 54.6 Å². The molecule has 3 nitrogen and oxygen atoms in total. The summed E-state index contributed by atoms with van der Waals surface area (Å²) in [5, 5.41) is 11.7. The minimum Gasteiger partial charge on any atom is -0.385 e. The smallest absolute Gasteiger partial charge is 0.0940 e. The summed E-state index contributed by atoms with van der Waals surface area (Å²) in [6.45, 7) is 7.88. The van der Waals surface area contributed by atoms with E-state index in [-0.39, 0.29) is 0 Å². The van der Waals surface area contributed by atoms with E-state index in [1.807, 2.05) is 0 Å². The average molecular weight is 405 g/mol. The molecule has 0 amide bonds. The quantitative estimate of drug-likeness (QED) is 0.771. The van der Waals surface area contributed by atoms with Gasteiger partial charge in [0, 0.05) is 38.1 Å². The number of aliphatic hydroxyl groups is 1.